The molecule has 4 aromatic carbocycles. The Hall–Kier alpha value is -7.71. The van der Waals surface area contributed by atoms with Crippen LogP contribution >= 0.6 is 11.3 Å². The number of nitrogens with one attached hydrogen (secondary N) is 3. The van der Waals surface area contributed by atoms with Crippen LogP contribution in [0.25, 0.3) is 43.9 Å². The van der Waals surface area contributed by atoms with E-state index in [4.69, 9.17) is 10.7 Å². The SMILES string of the molecule is Cc1ncsc1-c1ccc(CNC(=O)[C@@H]2C[C@@H](O)CN2C(=O)[C@@H](NC(=O)CCCN=C(N)CCCCC#Cc2cccc(Cn3c(-c4ccccc4)c(-c4ccccc4)c4c(=N)n(C5CCC(O)CC5)cnc43)c2)C(C)(C)C)cc1. The maximum Gasteiger partial charge on any atom is 0.246 e. The molecule has 1 saturated carbocycles. The van der Waals surface area contributed by atoms with Gasteiger partial charge in [-0.25, -0.2) is 9.97 Å². The van der Waals surface area contributed by atoms with Crippen LogP contribution in [0.3, 0.4) is 0 Å². The fraction of sp³-hybridized carbons (Fsp3) is 0.391. The van der Waals surface area contributed by atoms with Gasteiger partial charge in [-0.1, -0.05) is 130 Å². The summed E-state index contributed by atoms with van der Waals surface area (Å²) in [6.45, 7) is 8.73. The third-order valence-electron chi connectivity index (χ3n) is 15.3. The number of aliphatic hydroxyl groups excluding tert-OH is 2. The average Bonchev–Trinajstić information content (AvgIpc) is 4.20. The van der Waals surface area contributed by atoms with Gasteiger partial charge < -0.3 is 40.6 Å². The highest BCUT2D eigenvalue weighted by Crippen LogP contribution is 2.40. The molecule has 3 aromatic heterocycles. The first-order valence-electron chi connectivity index (χ1n) is 28.0. The third-order valence-corrected chi connectivity index (χ3v) is 16.3. The van der Waals surface area contributed by atoms with Crippen molar-refractivity contribution in [3.63, 3.8) is 0 Å². The van der Waals surface area contributed by atoms with Crippen LogP contribution in [0, 0.1) is 29.6 Å². The van der Waals surface area contributed by atoms with Gasteiger partial charge in [-0.05, 0) is 97.2 Å². The molecule has 3 amide bonds. The summed E-state index contributed by atoms with van der Waals surface area (Å²) < 4.78 is 4.25. The standard InChI is InChI=1S/C64H74N10O5S/c1-42-58(80-41-70-42)48-28-26-44(27-29-48)37-68-62(78)52-36-51(76)39-72(52)63(79)59(64(2,3)4)71-54(77)25-16-34-67-53(65)24-14-6-5-9-17-43-18-15-19-45(35-43)38-73-57(47-22-12-8-13-23-47)55(46-20-10-7-11-21-46)56-60(66)74(40-69-61(56)73)49-30-32-50(75)33-31-49/h7-8,10-13,15,18-23,26-29,35,40-41,49-52,59,66,75-76H,5-6,14,16,24-25,30-34,36-39H2,1-4H3,(H2,65,67)(H,68,78)(H,71,77)/t49?,50?,51-,52+,59-/m1/s1. The van der Waals surface area contributed by atoms with Crippen molar-refractivity contribution in [3.05, 3.63) is 149 Å². The number of aromatic nitrogens is 4. The molecule has 16 heteroatoms. The molecule has 1 saturated heterocycles. The van der Waals surface area contributed by atoms with Gasteiger partial charge in [0.1, 0.15) is 23.2 Å². The minimum Gasteiger partial charge on any atom is -0.393 e. The number of aryl methyl sites for hydroxylation is 1. The van der Waals surface area contributed by atoms with E-state index >= 15 is 0 Å². The number of amidine groups is 1. The summed E-state index contributed by atoms with van der Waals surface area (Å²) in [5, 5.41) is 37.3. The molecule has 2 aliphatic rings. The maximum atomic E-state index is 14.1. The van der Waals surface area contributed by atoms with E-state index in [9.17, 15) is 30.0 Å². The van der Waals surface area contributed by atoms with Crippen molar-refractivity contribution in [2.45, 2.75) is 142 Å². The number of unbranched alkanes of at least 4 members (excludes halogenated alkanes) is 2. The van der Waals surface area contributed by atoms with Crippen molar-refractivity contribution in [2.24, 2.45) is 16.1 Å². The molecule has 0 radical (unpaired) electrons. The largest absolute Gasteiger partial charge is 0.393 e. The molecule has 7 N–H and O–H groups in total. The number of nitrogens with two attached hydrogens (primary N) is 1. The number of thiazole rings is 1. The molecule has 416 valence electrons. The van der Waals surface area contributed by atoms with Crippen LogP contribution in [0.4, 0.5) is 0 Å². The van der Waals surface area contributed by atoms with Crippen LogP contribution < -0.4 is 21.9 Å². The van der Waals surface area contributed by atoms with Gasteiger partial charge in [0, 0.05) is 69.0 Å². The first-order valence-corrected chi connectivity index (χ1v) is 28.9. The van der Waals surface area contributed by atoms with Crippen LogP contribution in [-0.4, -0.2) is 95.2 Å². The van der Waals surface area contributed by atoms with E-state index in [1.54, 1.807) is 11.3 Å². The number of fused-ring (bicyclic) bond motifs is 1. The zero-order chi connectivity index (χ0) is 56.3. The second-order valence-corrected chi connectivity index (χ2v) is 23.2. The molecule has 4 heterocycles. The van der Waals surface area contributed by atoms with Gasteiger partial charge in [-0.2, -0.15) is 0 Å². The van der Waals surface area contributed by atoms with Crippen molar-refractivity contribution >= 4 is 45.9 Å². The van der Waals surface area contributed by atoms with Crippen LogP contribution in [0.2, 0.25) is 0 Å². The zero-order valence-corrected chi connectivity index (χ0v) is 47.1. The Labute approximate surface area is 472 Å². The van der Waals surface area contributed by atoms with Crippen molar-refractivity contribution in [1.82, 2.24) is 34.6 Å². The van der Waals surface area contributed by atoms with E-state index in [1.165, 1.54) is 4.90 Å². The Morgan fingerprint density at radius 1 is 0.850 bits per heavy atom. The van der Waals surface area contributed by atoms with E-state index in [0.29, 0.717) is 56.5 Å². The maximum absolute atomic E-state index is 14.1. The Kier molecular flexibility index (Phi) is 18.6. The summed E-state index contributed by atoms with van der Waals surface area (Å²) in [4.78, 5) is 57.4. The Balaban J connectivity index is 0.760. The van der Waals surface area contributed by atoms with Crippen molar-refractivity contribution in [3.8, 4) is 44.7 Å². The number of amides is 3. The molecule has 9 rings (SSSR count). The summed E-state index contributed by atoms with van der Waals surface area (Å²) in [5.41, 5.74) is 17.6. The molecule has 0 bridgehead atoms. The van der Waals surface area contributed by atoms with Gasteiger partial charge in [0.25, 0.3) is 0 Å². The fourth-order valence-corrected chi connectivity index (χ4v) is 11.8. The summed E-state index contributed by atoms with van der Waals surface area (Å²) >= 11 is 1.58. The quantitative estimate of drug-likeness (QED) is 0.0198. The molecule has 7 aromatic rings. The van der Waals surface area contributed by atoms with Gasteiger partial charge in [-0.3, -0.25) is 24.8 Å². The minimum atomic E-state index is -0.917. The first kappa shape index (κ1) is 57.0. The Morgan fingerprint density at radius 2 is 1.57 bits per heavy atom. The molecule has 15 nitrogen and oxygen atoms in total. The Morgan fingerprint density at radius 3 is 2.27 bits per heavy atom. The van der Waals surface area contributed by atoms with Gasteiger partial charge in [-0.15, -0.1) is 11.3 Å². The van der Waals surface area contributed by atoms with E-state index in [0.717, 1.165) is 91.9 Å². The van der Waals surface area contributed by atoms with Crippen LogP contribution in [0.5, 0.6) is 0 Å². The molecule has 1 aliphatic carbocycles. The Bertz CT molecular complexity index is 3440. The third kappa shape index (κ3) is 13.8. The summed E-state index contributed by atoms with van der Waals surface area (Å²) in [6.07, 6.45) is 7.34. The van der Waals surface area contributed by atoms with Crippen molar-refractivity contribution in [1.29, 1.82) is 5.41 Å². The number of benzene rings is 4. The predicted molar refractivity (Wildman–Crippen MR) is 316 cm³/mol. The van der Waals surface area contributed by atoms with E-state index < -0.39 is 29.5 Å². The minimum absolute atomic E-state index is 0.000596. The van der Waals surface area contributed by atoms with Crippen LogP contribution in [0.1, 0.15) is 120 Å². The summed E-state index contributed by atoms with van der Waals surface area (Å²) in [6, 6.07) is 35.2. The molecular weight excluding hydrogens is 1020 g/mol. The van der Waals surface area contributed by atoms with Crippen molar-refractivity contribution < 1.29 is 24.6 Å². The number of aliphatic hydroxyl groups is 2. The highest BCUT2D eigenvalue weighted by Gasteiger charge is 2.44. The van der Waals surface area contributed by atoms with Crippen LogP contribution in [0.15, 0.2) is 126 Å². The lowest BCUT2D eigenvalue weighted by Gasteiger charge is -2.35. The highest BCUT2D eigenvalue weighted by molar-refractivity contribution is 7.13. The lowest BCUT2D eigenvalue weighted by molar-refractivity contribution is -0.144. The summed E-state index contributed by atoms with van der Waals surface area (Å²) in [5.74, 6) is 6.19. The van der Waals surface area contributed by atoms with Crippen LogP contribution in [-0.2, 0) is 27.5 Å². The molecule has 0 spiro atoms. The highest BCUT2D eigenvalue weighted by atomic mass is 32.1. The van der Waals surface area contributed by atoms with Gasteiger partial charge in [0.15, 0.2) is 0 Å². The average molecular weight is 1100 g/mol. The van der Waals surface area contributed by atoms with E-state index in [-0.39, 0.29) is 49.9 Å². The molecule has 2 fully saturated rings. The molecular formula is C64H74N10O5S. The predicted octanol–water partition coefficient (Wildman–Crippen LogP) is 9.47. The number of rotatable bonds is 19. The molecule has 80 heavy (non-hydrogen) atoms. The lowest BCUT2D eigenvalue weighted by atomic mass is 9.85. The van der Waals surface area contributed by atoms with Gasteiger partial charge >= 0.3 is 0 Å². The summed E-state index contributed by atoms with van der Waals surface area (Å²) in [7, 11) is 0. The van der Waals surface area contributed by atoms with E-state index in [2.05, 4.69) is 73.4 Å². The number of β-amino-alcohol motifs (C(OH)–C–C–N with tert-alkyl or cyclic N) is 1. The first-order chi connectivity index (χ1) is 38.6. The number of nitrogens with zero attached hydrogens (tertiary/aromatic N) is 6. The number of carbonyl (C=O) groups excluding carboxylic acids is 3. The molecule has 0 unspecified atom stereocenters. The van der Waals surface area contributed by atoms with Gasteiger partial charge in [0.2, 0.25) is 17.7 Å². The number of likely N-dealkylation sites (tertiary alicyclic amines) is 1. The smallest absolute Gasteiger partial charge is 0.246 e. The molecule has 1 aliphatic heterocycles. The number of carbonyl (C=O) groups is 3. The topological polar surface area (TPSA) is 217 Å². The fourth-order valence-electron chi connectivity index (χ4n) is 11.0. The number of hydrogen-bond donors (Lipinski definition) is 6. The monoisotopic (exact) mass is 1090 g/mol. The second kappa shape index (κ2) is 26.0. The van der Waals surface area contributed by atoms with E-state index in [1.807, 2.05) is 117 Å². The zero-order valence-electron chi connectivity index (χ0n) is 46.3. The lowest BCUT2D eigenvalue weighted by Crippen LogP contribution is -2.57. The van der Waals surface area contributed by atoms with Crippen molar-refractivity contribution in [2.75, 3.05) is 13.1 Å². The second-order valence-electron chi connectivity index (χ2n) is 22.3. The van der Waals surface area contributed by atoms with Gasteiger partial charge in [0.05, 0.1) is 51.5 Å². The normalized spacial score (nSPS) is 17.9. The number of aliphatic imine (C=N–C) groups is 1. The molecule has 3 atom stereocenters. The number of hydrogen-bond acceptors (Lipinski definition) is 10.